The summed E-state index contributed by atoms with van der Waals surface area (Å²) in [5.74, 6) is 1.24. The van der Waals surface area contributed by atoms with Crippen LogP contribution in [0.15, 0.2) is 34.7 Å². The summed E-state index contributed by atoms with van der Waals surface area (Å²) in [4.78, 5) is 14.9. The zero-order valence-corrected chi connectivity index (χ0v) is 16.5. The maximum Gasteiger partial charge on any atom is 0.291 e. The third-order valence-electron chi connectivity index (χ3n) is 5.67. The molecule has 1 aromatic heterocycles. The molecule has 28 heavy (non-hydrogen) atoms. The highest BCUT2D eigenvalue weighted by Gasteiger charge is 2.32. The molecule has 2 N–H and O–H groups in total. The number of β-amino-alcohol motifs (C(OH)–C–C–N with tert-alkyl or cyclic N) is 1. The van der Waals surface area contributed by atoms with Crippen molar-refractivity contribution in [2.24, 2.45) is 0 Å². The van der Waals surface area contributed by atoms with Crippen molar-refractivity contribution in [2.75, 3.05) is 36.5 Å². The van der Waals surface area contributed by atoms with Gasteiger partial charge in [-0.25, -0.2) is 0 Å². The first-order valence-electron chi connectivity index (χ1n) is 9.98. The van der Waals surface area contributed by atoms with E-state index in [1.165, 1.54) is 0 Å². The summed E-state index contributed by atoms with van der Waals surface area (Å²) >= 11 is 0. The minimum Gasteiger partial charge on any atom is -0.456 e. The Kier molecular flexibility index (Phi) is 5.17. The minimum atomic E-state index is -0.703. The number of anilines is 2. The van der Waals surface area contributed by atoms with Gasteiger partial charge < -0.3 is 24.5 Å². The fraction of sp³-hybridized carbons (Fsp3) is 0.500. The molecular weight excluding hydrogens is 356 g/mol. The van der Waals surface area contributed by atoms with Crippen LogP contribution < -0.4 is 10.2 Å². The van der Waals surface area contributed by atoms with E-state index in [2.05, 4.69) is 10.2 Å². The first kappa shape index (κ1) is 19.0. The van der Waals surface area contributed by atoms with Crippen LogP contribution in [0, 0.1) is 6.92 Å². The number of carbonyl (C=O) groups excluding carboxylic acids is 1. The van der Waals surface area contributed by atoms with Crippen LogP contribution in [-0.2, 0) is 4.74 Å². The molecule has 2 fully saturated rings. The van der Waals surface area contributed by atoms with Gasteiger partial charge in [0.05, 0.1) is 17.0 Å². The van der Waals surface area contributed by atoms with Gasteiger partial charge in [0.15, 0.2) is 5.76 Å². The molecule has 4 rings (SSSR count). The van der Waals surface area contributed by atoms with Gasteiger partial charge >= 0.3 is 0 Å². The van der Waals surface area contributed by atoms with Gasteiger partial charge in [0.25, 0.3) is 5.91 Å². The molecule has 1 amide bonds. The monoisotopic (exact) mass is 384 g/mol. The lowest BCUT2D eigenvalue weighted by atomic mass is 9.98. The van der Waals surface area contributed by atoms with E-state index in [9.17, 15) is 9.90 Å². The summed E-state index contributed by atoms with van der Waals surface area (Å²) in [6.45, 7) is 6.62. The molecule has 0 radical (unpaired) electrons. The van der Waals surface area contributed by atoms with Gasteiger partial charge in [-0.3, -0.25) is 4.79 Å². The third kappa shape index (κ3) is 4.08. The number of hydrogen-bond acceptors (Lipinski definition) is 5. The molecule has 0 spiro atoms. The molecule has 0 aliphatic carbocycles. The fourth-order valence-electron chi connectivity index (χ4n) is 4.04. The van der Waals surface area contributed by atoms with Crippen molar-refractivity contribution in [3.05, 3.63) is 47.4 Å². The van der Waals surface area contributed by atoms with Gasteiger partial charge in [0, 0.05) is 32.2 Å². The first-order chi connectivity index (χ1) is 13.4. The van der Waals surface area contributed by atoms with E-state index in [0.29, 0.717) is 24.6 Å². The summed E-state index contributed by atoms with van der Waals surface area (Å²) in [6.07, 6.45) is 2.55. The fourth-order valence-corrected chi connectivity index (χ4v) is 4.04. The van der Waals surface area contributed by atoms with E-state index in [-0.39, 0.29) is 5.91 Å². The van der Waals surface area contributed by atoms with Crippen LogP contribution in [0.3, 0.4) is 0 Å². The molecule has 0 bridgehead atoms. The van der Waals surface area contributed by atoms with Crippen molar-refractivity contribution in [3.8, 4) is 0 Å². The van der Waals surface area contributed by atoms with E-state index in [1.807, 2.05) is 38.1 Å². The van der Waals surface area contributed by atoms with Crippen LogP contribution in [-0.4, -0.2) is 42.9 Å². The number of benzene rings is 1. The molecule has 0 saturated carbocycles. The lowest BCUT2D eigenvalue weighted by Crippen LogP contribution is -2.30. The highest BCUT2D eigenvalue weighted by atomic mass is 16.5. The Labute approximate surface area is 165 Å². The molecule has 3 heterocycles. The average molecular weight is 384 g/mol. The zero-order valence-electron chi connectivity index (χ0n) is 16.5. The van der Waals surface area contributed by atoms with Gasteiger partial charge in [0.1, 0.15) is 5.76 Å². The van der Waals surface area contributed by atoms with Crippen LogP contribution in [0.5, 0.6) is 0 Å². The van der Waals surface area contributed by atoms with Crippen LogP contribution in [0.1, 0.15) is 54.0 Å². The molecular formula is C22H28N2O4. The standard InChI is InChI=1S/C22H28N2O4/c1-15-3-4-18(24-10-9-22(2,26)14-24)17(13-15)23-21(25)20-6-5-19(28-20)16-7-11-27-12-8-16/h3-6,13,16,26H,7-12,14H2,1-2H3,(H,23,25). The van der Waals surface area contributed by atoms with Crippen molar-refractivity contribution in [3.63, 3.8) is 0 Å². The molecule has 1 aromatic carbocycles. The minimum absolute atomic E-state index is 0.254. The van der Waals surface area contributed by atoms with Crippen molar-refractivity contribution >= 4 is 17.3 Å². The second-order valence-electron chi connectivity index (χ2n) is 8.23. The van der Waals surface area contributed by atoms with Crippen molar-refractivity contribution in [1.82, 2.24) is 0 Å². The van der Waals surface area contributed by atoms with E-state index in [1.54, 1.807) is 6.07 Å². The molecule has 2 aromatic rings. The molecule has 150 valence electrons. The van der Waals surface area contributed by atoms with Crippen molar-refractivity contribution in [1.29, 1.82) is 0 Å². The Balaban J connectivity index is 1.51. The Bertz CT molecular complexity index is 852. The van der Waals surface area contributed by atoms with Crippen LogP contribution >= 0.6 is 0 Å². The number of furan rings is 1. The average Bonchev–Trinajstić information content (AvgIpc) is 3.29. The number of nitrogens with zero attached hydrogens (tertiary/aromatic N) is 1. The molecule has 2 aliphatic heterocycles. The maximum absolute atomic E-state index is 12.8. The molecule has 2 aliphatic rings. The number of ether oxygens (including phenoxy) is 1. The Hall–Kier alpha value is -2.31. The summed E-state index contributed by atoms with van der Waals surface area (Å²) in [6, 6.07) is 9.63. The predicted octanol–water partition coefficient (Wildman–Crippen LogP) is 3.70. The van der Waals surface area contributed by atoms with E-state index in [4.69, 9.17) is 9.15 Å². The molecule has 6 heteroatoms. The number of carbonyl (C=O) groups is 1. The number of amides is 1. The van der Waals surface area contributed by atoms with Crippen molar-refractivity contribution < 1.29 is 19.1 Å². The van der Waals surface area contributed by atoms with Crippen molar-refractivity contribution in [2.45, 2.75) is 44.6 Å². The highest BCUT2D eigenvalue weighted by molar-refractivity contribution is 6.04. The van der Waals surface area contributed by atoms with Crippen LogP contribution in [0.2, 0.25) is 0 Å². The van der Waals surface area contributed by atoms with Gasteiger partial charge in [-0.15, -0.1) is 0 Å². The van der Waals surface area contributed by atoms with E-state index in [0.717, 1.165) is 55.3 Å². The highest BCUT2D eigenvalue weighted by Crippen LogP contribution is 2.34. The summed E-state index contributed by atoms with van der Waals surface area (Å²) < 4.78 is 11.3. The number of hydrogen-bond donors (Lipinski definition) is 2. The maximum atomic E-state index is 12.8. The molecule has 2 saturated heterocycles. The van der Waals surface area contributed by atoms with Crippen LogP contribution in [0.4, 0.5) is 11.4 Å². The second-order valence-corrected chi connectivity index (χ2v) is 8.23. The van der Waals surface area contributed by atoms with E-state index >= 15 is 0 Å². The molecule has 1 unspecified atom stereocenters. The quantitative estimate of drug-likeness (QED) is 0.841. The number of rotatable bonds is 4. The van der Waals surface area contributed by atoms with Gasteiger partial charge in [-0.1, -0.05) is 6.07 Å². The summed E-state index contributed by atoms with van der Waals surface area (Å²) in [7, 11) is 0. The zero-order chi connectivity index (χ0) is 19.7. The van der Waals surface area contributed by atoms with Gasteiger partial charge in [-0.2, -0.15) is 0 Å². The van der Waals surface area contributed by atoms with E-state index < -0.39 is 5.60 Å². The lowest BCUT2D eigenvalue weighted by molar-refractivity contribution is 0.0799. The van der Waals surface area contributed by atoms with Crippen LogP contribution in [0.25, 0.3) is 0 Å². The molecule has 6 nitrogen and oxygen atoms in total. The Morgan fingerprint density at radius 3 is 2.75 bits per heavy atom. The number of nitrogens with one attached hydrogen (secondary N) is 1. The van der Waals surface area contributed by atoms with Gasteiger partial charge in [-0.05, 0) is 62.9 Å². The predicted molar refractivity (Wildman–Crippen MR) is 108 cm³/mol. The number of aliphatic hydroxyl groups is 1. The van der Waals surface area contributed by atoms with Gasteiger partial charge in [0.2, 0.25) is 0 Å². The lowest BCUT2D eigenvalue weighted by Gasteiger charge is -2.24. The SMILES string of the molecule is Cc1ccc(N2CCC(C)(O)C2)c(NC(=O)c2ccc(C3CCOCC3)o2)c1. The Morgan fingerprint density at radius 1 is 1.25 bits per heavy atom. The Morgan fingerprint density at radius 2 is 2.04 bits per heavy atom. The second kappa shape index (κ2) is 7.60. The normalized spacial score (nSPS) is 23.2. The topological polar surface area (TPSA) is 74.9 Å². The third-order valence-corrected chi connectivity index (χ3v) is 5.67. The summed E-state index contributed by atoms with van der Waals surface area (Å²) in [5, 5.41) is 13.3. The number of aryl methyl sites for hydroxylation is 1. The smallest absolute Gasteiger partial charge is 0.291 e. The largest absolute Gasteiger partial charge is 0.456 e. The first-order valence-corrected chi connectivity index (χ1v) is 9.98. The summed E-state index contributed by atoms with van der Waals surface area (Å²) in [5.41, 5.74) is 2.03. The molecule has 1 atom stereocenters.